The monoisotopic (exact) mass is 305 g/mol. The van der Waals surface area contributed by atoms with Gasteiger partial charge < -0.3 is 9.84 Å². The number of carboxylic acid groups (broad SMARTS) is 1. The zero-order chi connectivity index (χ0) is 15.4. The molecule has 2 aromatic rings. The molecule has 0 aliphatic rings. The highest BCUT2D eigenvalue weighted by Crippen LogP contribution is 2.24. The molecule has 0 aromatic heterocycles. The summed E-state index contributed by atoms with van der Waals surface area (Å²) in [4.78, 5) is 11.1. The number of aromatic carboxylic acids is 1. The van der Waals surface area contributed by atoms with Crippen molar-refractivity contribution in [1.29, 1.82) is 5.26 Å². The summed E-state index contributed by atoms with van der Waals surface area (Å²) in [7, 11) is 0. The number of nitriles is 1. The zero-order valence-electron chi connectivity index (χ0n) is 10.6. The van der Waals surface area contributed by atoms with Crippen molar-refractivity contribution < 1.29 is 19.0 Å². The van der Waals surface area contributed by atoms with Crippen LogP contribution in [0.4, 0.5) is 4.39 Å². The van der Waals surface area contributed by atoms with Crippen LogP contribution in [-0.4, -0.2) is 11.1 Å². The molecule has 0 bridgehead atoms. The number of carboxylic acids is 1. The van der Waals surface area contributed by atoms with Gasteiger partial charge in [-0.25, -0.2) is 9.18 Å². The van der Waals surface area contributed by atoms with Crippen LogP contribution in [0.5, 0.6) is 5.75 Å². The second-order valence-electron chi connectivity index (χ2n) is 4.15. The Balaban J connectivity index is 2.25. The van der Waals surface area contributed by atoms with Gasteiger partial charge in [-0.2, -0.15) is 5.26 Å². The van der Waals surface area contributed by atoms with E-state index in [2.05, 4.69) is 0 Å². The molecule has 21 heavy (non-hydrogen) atoms. The minimum Gasteiger partial charge on any atom is -0.488 e. The number of hydrogen-bond donors (Lipinski definition) is 1. The third kappa shape index (κ3) is 3.50. The highest BCUT2D eigenvalue weighted by atomic mass is 35.5. The van der Waals surface area contributed by atoms with Crippen LogP contribution < -0.4 is 4.74 Å². The molecule has 6 heteroatoms. The molecule has 0 atom stereocenters. The number of carbonyl (C=O) groups is 1. The topological polar surface area (TPSA) is 70.3 Å². The fraction of sp³-hybridized carbons (Fsp3) is 0.0667. The summed E-state index contributed by atoms with van der Waals surface area (Å²) in [6.45, 7) is -0.191. The van der Waals surface area contributed by atoms with Gasteiger partial charge in [0.05, 0.1) is 11.6 Å². The first kappa shape index (κ1) is 14.8. The number of benzene rings is 2. The molecule has 0 unspecified atom stereocenters. The van der Waals surface area contributed by atoms with Gasteiger partial charge in [0, 0.05) is 10.6 Å². The lowest BCUT2D eigenvalue weighted by Gasteiger charge is -2.10. The van der Waals surface area contributed by atoms with Crippen LogP contribution in [0.15, 0.2) is 36.4 Å². The van der Waals surface area contributed by atoms with Gasteiger partial charge in [0.1, 0.15) is 23.7 Å². The Labute approximate surface area is 125 Å². The lowest BCUT2D eigenvalue weighted by Crippen LogP contribution is -2.04. The minimum atomic E-state index is -1.20. The molecule has 0 fully saturated rings. The van der Waals surface area contributed by atoms with E-state index in [0.29, 0.717) is 5.56 Å². The second kappa shape index (κ2) is 6.25. The fourth-order valence-electron chi connectivity index (χ4n) is 1.71. The predicted octanol–water partition coefficient (Wildman–Crippen LogP) is 3.63. The summed E-state index contributed by atoms with van der Waals surface area (Å²) in [5, 5.41) is 18.1. The molecule has 4 nitrogen and oxygen atoms in total. The normalized spacial score (nSPS) is 9.95. The molecule has 0 aliphatic carbocycles. The molecule has 1 N–H and O–H groups in total. The van der Waals surface area contributed by atoms with Crippen molar-refractivity contribution in [2.45, 2.75) is 6.61 Å². The average molecular weight is 306 g/mol. The lowest BCUT2D eigenvalue weighted by molar-refractivity contribution is 0.0691. The quantitative estimate of drug-likeness (QED) is 0.936. The Hall–Kier alpha value is -2.58. The van der Waals surface area contributed by atoms with Crippen LogP contribution in [-0.2, 0) is 6.61 Å². The van der Waals surface area contributed by atoms with E-state index in [4.69, 9.17) is 26.7 Å². The summed E-state index contributed by atoms with van der Waals surface area (Å²) >= 11 is 5.73. The van der Waals surface area contributed by atoms with E-state index < -0.39 is 11.8 Å². The standard InChI is InChI=1S/C15H9ClFNO3/c16-11-2-4-14(12(6-11)15(19)20)21-8-10-5-9(7-18)1-3-13(10)17/h1-6H,8H2,(H,19,20). The molecule has 106 valence electrons. The molecule has 0 heterocycles. The van der Waals surface area contributed by atoms with E-state index in [1.54, 1.807) is 0 Å². The minimum absolute atomic E-state index is 0.0775. The Morgan fingerprint density at radius 3 is 2.76 bits per heavy atom. The number of hydrogen-bond acceptors (Lipinski definition) is 3. The molecule has 0 radical (unpaired) electrons. The van der Waals surface area contributed by atoms with E-state index >= 15 is 0 Å². The Bertz CT molecular complexity index is 740. The zero-order valence-corrected chi connectivity index (χ0v) is 11.4. The summed E-state index contributed by atoms with van der Waals surface area (Å²) in [5.74, 6) is -1.65. The smallest absolute Gasteiger partial charge is 0.339 e. The van der Waals surface area contributed by atoms with Gasteiger partial charge in [-0.1, -0.05) is 11.6 Å². The van der Waals surface area contributed by atoms with Crippen LogP contribution in [0.3, 0.4) is 0 Å². The van der Waals surface area contributed by atoms with Crippen molar-refractivity contribution in [3.05, 3.63) is 63.9 Å². The fourth-order valence-corrected chi connectivity index (χ4v) is 1.88. The summed E-state index contributed by atoms with van der Waals surface area (Å²) in [5.41, 5.74) is 0.351. The SMILES string of the molecule is N#Cc1ccc(F)c(COc2ccc(Cl)cc2C(=O)O)c1. The van der Waals surface area contributed by atoms with Crippen LogP contribution in [0.1, 0.15) is 21.5 Å². The van der Waals surface area contributed by atoms with Crippen molar-refractivity contribution in [3.63, 3.8) is 0 Å². The van der Waals surface area contributed by atoms with Crippen LogP contribution in [0.2, 0.25) is 5.02 Å². The largest absolute Gasteiger partial charge is 0.488 e. The van der Waals surface area contributed by atoms with Gasteiger partial charge >= 0.3 is 5.97 Å². The maximum Gasteiger partial charge on any atom is 0.339 e. The number of ether oxygens (including phenoxy) is 1. The first-order valence-electron chi connectivity index (χ1n) is 5.85. The van der Waals surface area contributed by atoms with Crippen molar-refractivity contribution >= 4 is 17.6 Å². The Morgan fingerprint density at radius 1 is 1.33 bits per heavy atom. The highest BCUT2D eigenvalue weighted by molar-refractivity contribution is 6.31. The molecule has 2 aromatic carbocycles. The van der Waals surface area contributed by atoms with Crippen LogP contribution in [0, 0.1) is 17.1 Å². The molecule has 0 saturated carbocycles. The van der Waals surface area contributed by atoms with Crippen molar-refractivity contribution in [2.24, 2.45) is 0 Å². The molecule has 0 aliphatic heterocycles. The summed E-state index contributed by atoms with van der Waals surface area (Å²) < 4.78 is 18.9. The number of nitrogens with zero attached hydrogens (tertiary/aromatic N) is 1. The molecular weight excluding hydrogens is 297 g/mol. The highest BCUT2D eigenvalue weighted by Gasteiger charge is 2.13. The van der Waals surface area contributed by atoms with E-state index in [1.165, 1.54) is 30.3 Å². The van der Waals surface area contributed by atoms with Crippen LogP contribution >= 0.6 is 11.6 Å². The molecule has 0 amide bonds. The van der Waals surface area contributed by atoms with Crippen molar-refractivity contribution in [3.8, 4) is 11.8 Å². The second-order valence-corrected chi connectivity index (χ2v) is 4.59. The van der Waals surface area contributed by atoms with Crippen molar-refractivity contribution in [2.75, 3.05) is 0 Å². The maximum atomic E-state index is 13.6. The van der Waals surface area contributed by atoms with Crippen LogP contribution in [0.25, 0.3) is 0 Å². The van der Waals surface area contributed by atoms with Gasteiger partial charge in [0.25, 0.3) is 0 Å². The van der Waals surface area contributed by atoms with E-state index in [9.17, 15) is 9.18 Å². The van der Waals surface area contributed by atoms with E-state index in [0.717, 1.165) is 6.07 Å². The average Bonchev–Trinajstić information content (AvgIpc) is 2.47. The van der Waals surface area contributed by atoms with E-state index in [-0.39, 0.29) is 28.5 Å². The molecule has 0 saturated heterocycles. The number of rotatable bonds is 4. The van der Waals surface area contributed by atoms with Gasteiger partial charge in [0.2, 0.25) is 0 Å². The van der Waals surface area contributed by atoms with Gasteiger partial charge in [0.15, 0.2) is 0 Å². The summed E-state index contributed by atoms with van der Waals surface area (Å²) in [6.07, 6.45) is 0. The Morgan fingerprint density at radius 2 is 2.10 bits per heavy atom. The molecule has 0 spiro atoms. The van der Waals surface area contributed by atoms with E-state index in [1.807, 2.05) is 6.07 Å². The first-order valence-corrected chi connectivity index (χ1v) is 6.23. The van der Waals surface area contributed by atoms with Gasteiger partial charge in [-0.05, 0) is 36.4 Å². The molecule has 2 rings (SSSR count). The Kier molecular flexibility index (Phi) is 4.41. The third-order valence-corrected chi connectivity index (χ3v) is 2.97. The summed E-state index contributed by atoms with van der Waals surface area (Å²) in [6, 6.07) is 9.89. The third-order valence-electron chi connectivity index (χ3n) is 2.73. The number of halogens is 2. The van der Waals surface area contributed by atoms with Gasteiger partial charge in [-0.15, -0.1) is 0 Å². The van der Waals surface area contributed by atoms with Gasteiger partial charge in [-0.3, -0.25) is 0 Å². The lowest BCUT2D eigenvalue weighted by atomic mass is 10.1. The molecular formula is C15H9ClFNO3. The maximum absolute atomic E-state index is 13.6. The predicted molar refractivity (Wildman–Crippen MR) is 73.9 cm³/mol. The van der Waals surface area contributed by atoms with Crippen molar-refractivity contribution in [1.82, 2.24) is 0 Å². The first-order chi connectivity index (χ1) is 10.0.